The van der Waals surface area contributed by atoms with E-state index in [4.69, 9.17) is 0 Å². The number of hydrogen-bond donors (Lipinski definition) is 1. The third kappa shape index (κ3) is 3.03. The van der Waals surface area contributed by atoms with Crippen LogP contribution in [0.4, 0.5) is 8.78 Å². The maximum Gasteiger partial charge on any atom is 0.128 e. The Kier molecular flexibility index (Phi) is 4.22. The van der Waals surface area contributed by atoms with Crippen LogP contribution in [0, 0.1) is 11.6 Å². The molecule has 0 bridgehead atoms. The van der Waals surface area contributed by atoms with Crippen molar-refractivity contribution < 1.29 is 13.9 Å². The number of aliphatic hydroxyl groups is 1. The normalized spacial score (nSPS) is 22.4. The number of aliphatic hydroxyl groups excluding tert-OH is 1. The van der Waals surface area contributed by atoms with Crippen LogP contribution in [0.1, 0.15) is 23.7 Å². The van der Waals surface area contributed by atoms with Gasteiger partial charge in [0.15, 0.2) is 0 Å². The standard InChI is InChI=1S/C16H19F2N3O/c1-20-12(4-6-19-20)5-7-21-10-13(22)9-16(21)14-8-11(17)2-3-15(14)18/h2-4,6,8,13,16,22H,5,7,9-10H2,1H3/t13-,16-/m1/s1. The number of halogens is 2. The van der Waals surface area contributed by atoms with Gasteiger partial charge < -0.3 is 5.11 Å². The molecule has 118 valence electrons. The first-order chi connectivity index (χ1) is 10.5. The van der Waals surface area contributed by atoms with Gasteiger partial charge >= 0.3 is 0 Å². The van der Waals surface area contributed by atoms with Crippen molar-refractivity contribution in [3.8, 4) is 0 Å². The maximum atomic E-state index is 14.0. The second-order valence-electron chi connectivity index (χ2n) is 5.76. The minimum atomic E-state index is -0.515. The summed E-state index contributed by atoms with van der Waals surface area (Å²) in [6.07, 6.45) is 2.39. The molecule has 3 rings (SSSR count). The van der Waals surface area contributed by atoms with Gasteiger partial charge in [-0.05, 0) is 30.7 Å². The largest absolute Gasteiger partial charge is 0.392 e. The molecule has 22 heavy (non-hydrogen) atoms. The van der Waals surface area contributed by atoms with Crippen LogP contribution in [0.15, 0.2) is 30.5 Å². The molecule has 1 aromatic heterocycles. The van der Waals surface area contributed by atoms with Gasteiger partial charge in [0.25, 0.3) is 0 Å². The van der Waals surface area contributed by atoms with Crippen LogP contribution in [0.3, 0.4) is 0 Å². The Morgan fingerprint density at radius 3 is 2.86 bits per heavy atom. The molecule has 1 saturated heterocycles. The third-order valence-corrected chi connectivity index (χ3v) is 4.28. The van der Waals surface area contributed by atoms with E-state index in [2.05, 4.69) is 5.10 Å². The lowest BCUT2D eigenvalue weighted by molar-refractivity contribution is 0.175. The van der Waals surface area contributed by atoms with Gasteiger partial charge in [0.1, 0.15) is 11.6 Å². The molecule has 0 radical (unpaired) electrons. The topological polar surface area (TPSA) is 41.3 Å². The molecule has 6 heteroatoms. The van der Waals surface area contributed by atoms with E-state index >= 15 is 0 Å². The van der Waals surface area contributed by atoms with Crippen molar-refractivity contribution in [1.29, 1.82) is 0 Å². The highest BCUT2D eigenvalue weighted by Crippen LogP contribution is 2.34. The van der Waals surface area contributed by atoms with Gasteiger partial charge in [-0.25, -0.2) is 8.78 Å². The average molecular weight is 307 g/mol. The minimum Gasteiger partial charge on any atom is -0.392 e. The number of likely N-dealkylation sites (tertiary alicyclic amines) is 1. The summed E-state index contributed by atoms with van der Waals surface area (Å²) in [5.74, 6) is -0.879. The molecule has 1 aliphatic heterocycles. The first-order valence-corrected chi connectivity index (χ1v) is 7.38. The van der Waals surface area contributed by atoms with Gasteiger partial charge in [-0.3, -0.25) is 9.58 Å². The summed E-state index contributed by atoms with van der Waals surface area (Å²) in [6.45, 7) is 1.13. The van der Waals surface area contributed by atoms with Crippen molar-refractivity contribution >= 4 is 0 Å². The Hall–Kier alpha value is -1.79. The molecule has 1 N–H and O–H groups in total. The Morgan fingerprint density at radius 2 is 2.14 bits per heavy atom. The Morgan fingerprint density at radius 1 is 1.32 bits per heavy atom. The van der Waals surface area contributed by atoms with Crippen LogP contribution >= 0.6 is 0 Å². The molecule has 2 aromatic rings. The van der Waals surface area contributed by atoms with Crippen molar-refractivity contribution in [2.45, 2.75) is 25.0 Å². The van der Waals surface area contributed by atoms with E-state index in [0.717, 1.165) is 24.2 Å². The molecule has 0 saturated carbocycles. The summed E-state index contributed by atoms with van der Waals surface area (Å²) in [4.78, 5) is 2.01. The monoisotopic (exact) mass is 307 g/mol. The fourth-order valence-electron chi connectivity index (χ4n) is 3.12. The highest BCUT2D eigenvalue weighted by molar-refractivity contribution is 5.24. The Bertz CT molecular complexity index is 659. The highest BCUT2D eigenvalue weighted by Gasteiger charge is 2.33. The Labute approximate surface area is 128 Å². The zero-order chi connectivity index (χ0) is 15.7. The second-order valence-corrected chi connectivity index (χ2v) is 5.76. The summed E-state index contributed by atoms with van der Waals surface area (Å²) in [5.41, 5.74) is 1.39. The molecule has 0 amide bonds. The fraction of sp³-hybridized carbons (Fsp3) is 0.438. The van der Waals surface area contributed by atoms with E-state index in [-0.39, 0.29) is 6.04 Å². The molecule has 2 atom stereocenters. The molecule has 2 heterocycles. The predicted octanol–water partition coefficient (Wildman–Crippen LogP) is 2.05. The number of aryl methyl sites for hydroxylation is 1. The molecule has 1 aliphatic rings. The van der Waals surface area contributed by atoms with Crippen LogP contribution in [0.2, 0.25) is 0 Å². The van der Waals surface area contributed by atoms with Gasteiger partial charge in [-0.2, -0.15) is 5.10 Å². The quantitative estimate of drug-likeness (QED) is 0.940. The molecule has 0 aliphatic carbocycles. The molecule has 0 spiro atoms. The van der Waals surface area contributed by atoms with Crippen molar-refractivity contribution in [3.05, 3.63) is 53.4 Å². The van der Waals surface area contributed by atoms with Crippen LogP contribution in [0.5, 0.6) is 0 Å². The van der Waals surface area contributed by atoms with E-state index in [1.807, 2.05) is 18.0 Å². The van der Waals surface area contributed by atoms with Gasteiger partial charge in [0.2, 0.25) is 0 Å². The van der Waals surface area contributed by atoms with Crippen LogP contribution in [-0.4, -0.2) is 39.0 Å². The average Bonchev–Trinajstić information content (AvgIpc) is 3.05. The molecular weight excluding hydrogens is 288 g/mol. The van der Waals surface area contributed by atoms with Crippen molar-refractivity contribution in [2.75, 3.05) is 13.1 Å². The van der Waals surface area contributed by atoms with Crippen molar-refractivity contribution in [1.82, 2.24) is 14.7 Å². The number of β-amino-alcohol motifs (C(OH)–C–C–N with tert-alkyl or cyclic N) is 1. The van der Waals surface area contributed by atoms with Gasteiger partial charge in [-0.1, -0.05) is 0 Å². The Balaban J connectivity index is 1.77. The lowest BCUT2D eigenvalue weighted by Crippen LogP contribution is -2.28. The maximum absolute atomic E-state index is 14.0. The molecule has 1 aromatic carbocycles. The number of rotatable bonds is 4. The summed E-state index contributed by atoms with van der Waals surface area (Å²) >= 11 is 0. The predicted molar refractivity (Wildman–Crippen MR) is 78.2 cm³/mol. The molecule has 1 fully saturated rings. The van der Waals surface area contributed by atoms with Gasteiger partial charge in [0, 0.05) is 50.1 Å². The zero-order valence-corrected chi connectivity index (χ0v) is 12.4. The molecule has 4 nitrogen and oxygen atoms in total. The van der Waals surface area contributed by atoms with Crippen molar-refractivity contribution in [2.24, 2.45) is 7.05 Å². The van der Waals surface area contributed by atoms with Gasteiger partial charge in [-0.15, -0.1) is 0 Å². The number of nitrogens with zero attached hydrogens (tertiary/aromatic N) is 3. The molecule has 0 unspecified atom stereocenters. The smallest absolute Gasteiger partial charge is 0.128 e. The first-order valence-electron chi connectivity index (χ1n) is 7.38. The number of benzene rings is 1. The van der Waals surface area contributed by atoms with Crippen molar-refractivity contribution in [3.63, 3.8) is 0 Å². The zero-order valence-electron chi connectivity index (χ0n) is 12.4. The summed E-state index contributed by atoms with van der Waals surface area (Å²) in [6, 6.07) is 5.14. The second kappa shape index (κ2) is 6.14. The lowest BCUT2D eigenvalue weighted by Gasteiger charge is -2.24. The summed E-state index contributed by atoms with van der Waals surface area (Å²) in [5, 5.41) is 14.0. The molecular formula is C16H19F2N3O. The van der Waals surface area contributed by atoms with E-state index in [0.29, 0.717) is 25.1 Å². The van der Waals surface area contributed by atoms with Crippen LogP contribution < -0.4 is 0 Å². The first kappa shape index (κ1) is 15.1. The summed E-state index contributed by atoms with van der Waals surface area (Å²) in [7, 11) is 1.87. The highest BCUT2D eigenvalue weighted by atomic mass is 19.1. The van der Waals surface area contributed by atoms with E-state index in [1.165, 1.54) is 6.07 Å². The van der Waals surface area contributed by atoms with E-state index < -0.39 is 17.7 Å². The fourth-order valence-corrected chi connectivity index (χ4v) is 3.12. The van der Waals surface area contributed by atoms with Crippen LogP contribution in [-0.2, 0) is 13.5 Å². The van der Waals surface area contributed by atoms with Gasteiger partial charge in [0.05, 0.1) is 6.10 Å². The summed E-state index contributed by atoms with van der Waals surface area (Å²) < 4.78 is 29.2. The van der Waals surface area contributed by atoms with E-state index in [9.17, 15) is 13.9 Å². The lowest BCUT2D eigenvalue weighted by atomic mass is 10.0. The van der Waals surface area contributed by atoms with Crippen LogP contribution in [0.25, 0.3) is 0 Å². The minimum absolute atomic E-state index is 0.293. The number of hydrogen-bond acceptors (Lipinski definition) is 3. The van der Waals surface area contributed by atoms with E-state index in [1.54, 1.807) is 10.9 Å². The SMILES string of the molecule is Cn1nccc1CCN1C[C@H](O)C[C@@H]1c1cc(F)ccc1F. The number of aromatic nitrogens is 2. The third-order valence-electron chi connectivity index (χ3n) is 4.28.